The van der Waals surface area contributed by atoms with E-state index in [1.165, 1.54) is 6.26 Å². The summed E-state index contributed by atoms with van der Waals surface area (Å²) in [4.78, 5) is 0. The minimum Gasteiger partial charge on any atom is -0.396 e. The summed E-state index contributed by atoms with van der Waals surface area (Å²) in [5.74, 6) is 0. The second-order valence-electron chi connectivity index (χ2n) is 3.29. The number of benzene rings is 1. The Labute approximate surface area is 103 Å². The fourth-order valence-electron chi connectivity index (χ4n) is 1.44. The van der Waals surface area contributed by atoms with E-state index in [0.717, 1.165) is 11.1 Å². The molecule has 0 atom stereocenters. The molecule has 3 nitrogen and oxygen atoms in total. The van der Waals surface area contributed by atoms with Gasteiger partial charge in [0.25, 0.3) is 0 Å². The van der Waals surface area contributed by atoms with Gasteiger partial charge in [-0.1, -0.05) is 34.4 Å². The Kier molecular flexibility index (Phi) is 3.49. The van der Waals surface area contributed by atoms with Crippen LogP contribution in [0.5, 0.6) is 0 Å². The van der Waals surface area contributed by atoms with Crippen molar-refractivity contribution >= 4 is 23.2 Å². The molecule has 1 heterocycles. The van der Waals surface area contributed by atoms with E-state index in [2.05, 4.69) is 5.16 Å². The second-order valence-corrected chi connectivity index (χ2v) is 4.11. The van der Waals surface area contributed by atoms with Gasteiger partial charge >= 0.3 is 0 Å². The topological polar surface area (TPSA) is 46.3 Å². The number of aliphatic hydroxyl groups excluding tert-OH is 1. The molecule has 5 heteroatoms. The zero-order valence-corrected chi connectivity index (χ0v) is 9.79. The number of aromatic nitrogens is 1. The molecule has 0 aliphatic heterocycles. The van der Waals surface area contributed by atoms with Crippen molar-refractivity contribution in [1.29, 1.82) is 0 Å². The zero-order chi connectivity index (χ0) is 11.5. The quantitative estimate of drug-likeness (QED) is 0.919. The van der Waals surface area contributed by atoms with Gasteiger partial charge < -0.3 is 9.63 Å². The van der Waals surface area contributed by atoms with E-state index in [4.69, 9.17) is 32.8 Å². The van der Waals surface area contributed by atoms with E-state index in [1.807, 2.05) is 6.07 Å². The normalized spacial score (nSPS) is 10.7. The van der Waals surface area contributed by atoms with Crippen LogP contribution in [0.15, 0.2) is 29.0 Å². The molecule has 0 aliphatic rings. The molecule has 0 radical (unpaired) electrons. The summed E-state index contributed by atoms with van der Waals surface area (Å²) in [6.07, 6.45) is 2.02. The molecule has 0 aliphatic carbocycles. The third kappa shape index (κ3) is 2.21. The highest BCUT2D eigenvalue weighted by molar-refractivity contribution is 6.42. The molecule has 1 aromatic carbocycles. The van der Waals surface area contributed by atoms with Crippen LogP contribution in [0, 0.1) is 0 Å². The van der Waals surface area contributed by atoms with Crippen molar-refractivity contribution in [3.63, 3.8) is 0 Å². The van der Waals surface area contributed by atoms with Gasteiger partial charge in [-0.3, -0.25) is 0 Å². The van der Waals surface area contributed by atoms with E-state index < -0.39 is 0 Å². The summed E-state index contributed by atoms with van der Waals surface area (Å²) in [5, 5.41) is 13.7. The summed E-state index contributed by atoms with van der Waals surface area (Å²) in [5.41, 5.74) is 2.36. The van der Waals surface area contributed by atoms with Crippen LogP contribution in [0.2, 0.25) is 10.0 Å². The summed E-state index contributed by atoms with van der Waals surface area (Å²) < 4.78 is 4.89. The van der Waals surface area contributed by atoms with Crippen LogP contribution < -0.4 is 0 Å². The number of nitrogens with zero attached hydrogens (tertiary/aromatic N) is 1. The lowest BCUT2D eigenvalue weighted by Crippen LogP contribution is -1.91. The number of hydrogen-bond donors (Lipinski definition) is 1. The highest BCUT2D eigenvalue weighted by Gasteiger charge is 2.11. The molecular formula is C11H9Cl2NO2. The first-order chi connectivity index (χ1) is 7.72. The fraction of sp³-hybridized carbons (Fsp3) is 0.182. The molecule has 0 saturated carbocycles. The Morgan fingerprint density at radius 3 is 2.75 bits per heavy atom. The lowest BCUT2D eigenvalue weighted by Gasteiger charge is -2.01. The Balaban J connectivity index is 2.42. The van der Waals surface area contributed by atoms with Crippen molar-refractivity contribution < 1.29 is 9.63 Å². The van der Waals surface area contributed by atoms with Gasteiger partial charge in [0.15, 0.2) is 0 Å². The first-order valence-corrected chi connectivity index (χ1v) is 5.47. The predicted molar refractivity (Wildman–Crippen MR) is 62.7 cm³/mol. The van der Waals surface area contributed by atoms with E-state index in [-0.39, 0.29) is 6.61 Å². The Morgan fingerprint density at radius 1 is 1.25 bits per heavy atom. The summed E-state index contributed by atoms with van der Waals surface area (Å²) in [7, 11) is 0. The molecule has 0 unspecified atom stereocenters. The van der Waals surface area contributed by atoms with Gasteiger partial charge in [-0.15, -0.1) is 0 Å². The monoisotopic (exact) mass is 257 g/mol. The van der Waals surface area contributed by atoms with Crippen LogP contribution in [-0.4, -0.2) is 16.9 Å². The highest BCUT2D eigenvalue weighted by Crippen LogP contribution is 2.29. The molecule has 0 saturated heterocycles. The maximum Gasteiger partial charge on any atom is 0.127 e. The molecule has 2 rings (SSSR count). The fourth-order valence-corrected chi connectivity index (χ4v) is 1.73. The van der Waals surface area contributed by atoms with Gasteiger partial charge in [0.2, 0.25) is 0 Å². The molecule has 84 valence electrons. The molecule has 0 spiro atoms. The minimum absolute atomic E-state index is 0.0511. The molecule has 0 bridgehead atoms. The molecule has 0 amide bonds. The standard InChI is InChI=1S/C11H9Cl2NO2/c12-9-2-1-7(5-10(9)13)11-8(3-4-15)6-16-14-11/h1-2,5-6,15H,3-4H2. The average molecular weight is 258 g/mol. The van der Waals surface area contributed by atoms with Gasteiger partial charge in [-0.05, 0) is 12.1 Å². The first kappa shape index (κ1) is 11.5. The third-order valence-corrected chi connectivity index (χ3v) is 2.96. The van der Waals surface area contributed by atoms with Gasteiger partial charge in [0.05, 0.1) is 10.0 Å². The molecule has 2 aromatic rings. The lowest BCUT2D eigenvalue weighted by atomic mass is 10.1. The molecule has 16 heavy (non-hydrogen) atoms. The van der Waals surface area contributed by atoms with Gasteiger partial charge in [-0.25, -0.2) is 0 Å². The maximum absolute atomic E-state index is 8.89. The van der Waals surface area contributed by atoms with Crippen LogP contribution in [0.1, 0.15) is 5.56 Å². The average Bonchev–Trinajstić information content (AvgIpc) is 2.71. The van der Waals surface area contributed by atoms with Crippen LogP contribution in [0.4, 0.5) is 0 Å². The predicted octanol–water partition coefficient (Wildman–Crippen LogP) is 3.18. The van der Waals surface area contributed by atoms with E-state index in [0.29, 0.717) is 22.2 Å². The molecular weight excluding hydrogens is 249 g/mol. The summed E-state index contributed by atoms with van der Waals surface area (Å²) in [6.45, 7) is 0.0511. The second kappa shape index (κ2) is 4.87. The van der Waals surface area contributed by atoms with Gasteiger partial charge in [-0.2, -0.15) is 0 Å². The van der Waals surface area contributed by atoms with Crippen molar-refractivity contribution in [1.82, 2.24) is 5.16 Å². The van der Waals surface area contributed by atoms with Crippen molar-refractivity contribution in [2.24, 2.45) is 0 Å². The molecule has 1 N–H and O–H groups in total. The van der Waals surface area contributed by atoms with Crippen molar-refractivity contribution in [2.75, 3.05) is 6.61 Å². The van der Waals surface area contributed by atoms with Crippen LogP contribution in [-0.2, 0) is 6.42 Å². The molecule has 1 aromatic heterocycles. The van der Waals surface area contributed by atoms with E-state index in [1.54, 1.807) is 12.1 Å². The maximum atomic E-state index is 8.89. The third-order valence-electron chi connectivity index (χ3n) is 2.22. The highest BCUT2D eigenvalue weighted by atomic mass is 35.5. The first-order valence-electron chi connectivity index (χ1n) is 4.72. The smallest absolute Gasteiger partial charge is 0.127 e. The van der Waals surface area contributed by atoms with Gasteiger partial charge in [0, 0.05) is 24.2 Å². The number of halogens is 2. The number of aliphatic hydroxyl groups is 1. The van der Waals surface area contributed by atoms with Crippen molar-refractivity contribution in [3.8, 4) is 11.3 Å². The van der Waals surface area contributed by atoms with Crippen molar-refractivity contribution in [3.05, 3.63) is 40.1 Å². The van der Waals surface area contributed by atoms with Crippen LogP contribution in [0.3, 0.4) is 0 Å². The minimum atomic E-state index is 0.0511. The number of rotatable bonds is 3. The SMILES string of the molecule is OCCc1conc1-c1ccc(Cl)c(Cl)c1. The zero-order valence-electron chi connectivity index (χ0n) is 8.28. The van der Waals surface area contributed by atoms with E-state index >= 15 is 0 Å². The van der Waals surface area contributed by atoms with Crippen molar-refractivity contribution in [2.45, 2.75) is 6.42 Å². The molecule has 0 fully saturated rings. The Hall–Kier alpha value is -1.03. The number of hydrogen-bond acceptors (Lipinski definition) is 3. The van der Waals surface area contributed by atoms with Crippen LogP contribution >= 0.6 is 23.2 Å². The summed E-state index contributed by atoms with van der Waals surface area (Å²) in [6, 6.07) is 5.24. The largest absolute Gasteiger partial charge is 0.396 e. The van der Waals surface area contributed by atoms with Gasteiger partial charge in [0.1, 0.15) is 12.0 Å². The Morgan fingerprint density at radius 2 is 2.06 bits per heavy atom. The lowest BCUT2D eigenvalue weighted by molar-refractivity contribution is 0.299. The van der Waals surface area contributed by atoms with Crippen LogP contribution in [0.25, 0.3) is 11.3 Å². The van der Waals surface area contributed by atoms with E-state index in [9.17, 15) is 0 Å². The Bertz CT molecular complexity index is 496. The summed E-state index contributed by atoms with van der Waals surface area (Å²) >= 11 is 11.7.